The molecule has 21 heavy (non-hydrogen) atoms. The molecule has 0 amide bonds. The Balaban J connectivity index is 1.62. The quantitative estimate of drug-likeness (QED) is 0.758. The number of likely N-dealkylation sites (N-methyl/N-ethyl adjacent to an activating group) is 1. The number of rotatable bonds is 3. The summed E-state index contributed by atoms with van der Waals surface area (Å²) in [6.45, 7) is 2.75. The molecule has 1 N–H and O–H groups in total. The van der Waals surface area contributed by atoms with Gasteiger partial charge < -0.3 is 19.5 Å². The van der Waals surface area contributed by atoms with E-state index in [-0.39, 0.29) is 23.7 Å². The standard InChI is InChI=1S/C12H20N4O4S/c1-16-3-4-19-10(7-16)12-14-11(20-15-12)6-9-8-21(17,18)5-2-13-9/h9-10,13H,2-8H2,1H3. The van der Waals surface area contributed by atoms with Gasteiger partial charge in [-0.15, -0.1) is 0 Å². The zero-order chi connectivity index (χ0) is 14.9. The highest BCUT2D eigenvalue weighted by atomic mass is 32.2. The molecule has 2 unspecified atom stereocenters. The molecule has 3 heterocycles. The van der Waals surface area contributed by atoms with E-state index in [1.54, 1.807) is 0 Å². The number of aromatic nitrogens is 2. The van der Waals surface area contributed by atoms with Crippen LogP contribution in [-0.4, -0.2) is 74.3 Å². The van der Waals surface area contributed by atoms with E-state index in [0.29, 0.717) is 31.3 Å². The van der Waals surface area contributed by atoms with Crippen LogP contribution in [0.5, 0.6) is 0 Å². The molecule has 8 nitrogen and oxygen atoms in total. The number of sulfone groups is 1. The summed E-state index contributed by atoms with van der Waals surface area (Å²) in [5.74, 6) is 1.31. The van der Waals surface area contributed by atoms with Crippen molar-refractivity contribution >= 4 is 9.84 Å². The summed E-state index contributed by atoms with van der Waals surface area (Å²) >= 11 is 0. The summed E-state index contributed by atoms with van der Waals surface area (Å²) in [6, 6.07) is -0.160. The Morgan fingerprint density at radius 2 is 2.33 bits per heavy atom. The zero-order valence-electron chi connectivity index (χ0n) is 12.0. The molecule has 0 bridgehead atoms. The van der Waals surface area contributed by atoms with E-state index in [0.717, 1.165) is 13.1 Å². The van der Waals surface area contributed by atoms with Gasteiger partial charge in [0.25, 0.3) is 0 Å². The van der Waals surface area contributed by atoms with Gasteiger partial charge in [0.15, 0.2) is 9.84 Å². The van der Waals surface area contributed by atoms with Crippen LogP contribution in [0.1, 0.15) is 17.8 Å². The number of morpholine rings is 1. The zero-order valence-corrected chi connectivity index (χ0v) is 12.8. The summed E-state index contributed by atoms with van der Waals surface area (Å²) in [6.07, 6.45) is 0.249. The van der Waals surface area contributed by atoms with Crippen LogP contribution in [0.4, 0.5) is 0 Å². The first-order valence-electron chi connectivity index (χ1n) is 7.08. The smallest absolute Gasteiger partial charge is 0.228 e. The number of nitrogens with zero attached hydrogens (tertiary/aromatic N) is 3. The van der Waals surface area contributed by atoms with Crippen molar-refractivity contribution in [1.29, 1.82) is 0 Å². The first-order valence-corrected chi connectivity index (χ1v) is 8.90. The molecule has 9 heteroatoms. The van der Waals surface area contributed by atoms with Gasteiger partial charge in [0.2, 0.25) is 11.7 Å². The fraction of sp³-hybridized carbons (Fsp3) is 0.833. The molecule has 118 valence electrons. The maximum atomic E-state index is 11.6. The number of hydrogen-bond acceptors (Lipinski definition) is 8. The second-order valence-corrected chi connectivity index (χ2v) is 7.87. The van der Waals surface area contributed by atoms with E-state index < -0.39 is 9.84 Å². The highest BCUT2D eigenvalue weighted by Crippen LogP contribution is 2.19. The Morgan fingerprint density at radius 3 is 3.10 bits per heavy atom. The normalized spacial score (nSPS) is 30.3. The average molecular weight is 316 g/mol. The summed E-state index contributed by atoms with van der Waals surface area (Å²) in [7, 11) is -0.936. The van der Waals surface area contributed by atoms with Crippen LogP contribution in [-0.2, 0) is 21.0 Å². The summed E-state index contributed by atoms with van der Waals surface area (Å²) < 4.78 is 34.1. The molecule has 2 aliphatic heterocycles. The Hall–Kier alpha value is -1.03. The minimum atomic E-state index is -2.96. The van der Waals surface area contributed by atoms with Gasteiger partial charge in [0, 0.05) is 32.1 Å². The van der Waals surface area contributed by atoms with Crippen molar-refractivity contribution in [1.82, 2.24) is 20.4 Å². The van der Waals surface area contributed by atoms with Crippen LogP contribution >= 0.6 is 0 Å². The van der Waals surface area contributed by atoms with Crippen LogP contribution in [0.25, 0.3) is 0 Å². The van der Waals surface area contributed by atoms with Crippen molar-refractivity contribution < 1.29 is 17.7 Å². The van der Waals surface area contributed by atoms with Crippen molar-refractivity contribution in [2.45, 2.75) is 18.6 Å². The lowest BCUT2D eigenvalue weighted by molar-refractivity contribution is -0.0264. The van der Waals surface area contributed by atoms with Gasteiger partial charge in [-0.2, -0.15) is 4.98 Å². The van der Waals surface area contributed by atoms with Crippen molar-refractivity contribution in [2.75, 3.05) is 44.8 Å². The summed E-state index contributed by atoms with van der Waals surface area (Å²) in [5, 5.41) is 7.13. The minimum absolute atomic E-state index is 0.118. The van der Waals surface area contributed by atoms with Crippen LogP contribution in [0.3, 0.4) is 0 Å². The molecule has 3 rings (SSSR count). The maximum Gasteiger partial charge on any atom is 0.228 e. The minimum Gasteiger partial charge on any atom is -0.367 e. The SMILES string of the molecule is CN1CCOC(c2noc(CC3CS(=O)(=O)CCN3)n2)C1. The van der Waals surface area contributed by atoms with Crippen molar-refractivity contribution in [3.05, 3.63) is 11.7 Å². The van der Waals surface area contributed by atoms with Gasteiger partial charge in [-0.3, -0.25) is 0 Å². The summed E-state index contributed by atoms with van der Waals surface area (Å²) in [5.41, 5.74) is 0. The highest BCUT2D eigenvalue weighted by Gasteiger charge is 2.28. The van der Waals surface area contributed by atoms with Gasteiger partial charge in [0.1, 0.15) is 6.10 Å². The Kier molecular flexibility index (Phi) is 4.25. The Bertz CT molecular complexity index is 588. The molecule has 0 saturated carbocycles. The molecule has 0 aliphatic carbocycles. The molecule has 2 fully saturated rings. The largest absolute Gasteiger partial charge is 0.367 e. The second kappa shape index (κ2) is 5.99. The van der Waals surface area contributed by atoms with Gasteiger partial charge in [-0.25, -0.2) is 8.42 Å². The molecular formula is C12H20N4O4S. The number of nitrogens with one attached hydrogen (secondary N) is 1. The number of hydrogen-bond donors (Lipinski definition) is 1. The molecule has 0 radical (unpaired) electrons. The third-order valence-electron chi connectivity index (χ3n) is 3.76. The molecule has 2 atom stereocenters. The van der Waals surface area contributed by atoms with E-state index in [1.165, 1.54) is 0 Å². The van der Waals surface area contributed by atoms with Gasteiger partial charge in [-0.1, -0.05) is 5.16 Å². The van der Waals surface area contributed by atoms with Crippen molar-refractivity contribution in [3.8, 4) is 0 Å². The van der Waals surface area contributed by atoms with E-state index in [9.17, 15) is 8.42 Å². The fourth-order valence-corrected chi connectivity index (χ4v) is 4.07. The van der Waals surface area contributed by atoms with Crippen molar-refractivity contribution in [2.24, 2.45) is 0 Å². The van der Waals surface area contributed by atoms with Gasteiger partial charge in [-0.05, 0) is 7.05 Å². The highest BCUT2D eigenvalue weighted by molar-refractivity contribution is 7.91. The average Bonchev–Trinajstić information content (AvgIpc) is 2.86. The van der Waals surface area contributed by atoms with Crippen LogP contribution < -0.4 is 5.32 Å². The van der Waals surface area contributed by atoms with E-state index in [1.807, 2.05) is 7.05 Å². The van der Waals surface area contributed by atoms with E-state index in [4.69, 9.17) is 9.26 Å². The molecule has 1 aromatic heterocycles. The Labute approximate surface area is 123 Å². The van der Waals surface area contributed by atoms with Gasteiger partial charge >= 0.3 is 0 Å². The predicted octanol–water partition coefficient (Wildman–Crippen LogP) is -0.998. The third-order valence-corrected chi connectivity index (χ3v) is 5.50. The first kappa shape index (κ1) is 14.9. The topological polar surface area (TPSA) is 97.6 Å². The molecule has 0 spiro atoms. The maximum absolute atomic E-state index is 11.6. The summed E-state index contributed by atoms with van der Waals surface area (Å²) in [4.78, 5) is 6.50. The fourth-order valence-electron chi connectivity index (χ4n) is 2.63. The molecule has 2 aliphatic rings. The molecule has 1 aromatic rings. The van der Waals surface area contributed by atoms with Crippen molar-refractivity contribution in [3.63, 3.8) is 0 Å². The third kappa shape index (κ3) is 3.79. The second-order valence-electron chi connectivity index (χ2n) is 5.64. The lowest BCUT2D eigenvalue weighted by Crippen LogP contribution is -2.46. The monoisotopic (exact) mass is 316 g/mol. The lowest BCUT2D eigenvalue weighted by Gasteiger charge is -2.27. The van der Waals surface area contributed by atoms with Crippen LogP contribution in [0, 0.1) is 0 Å². The molecular weight excluding hydrogens is 296 g/mol. The molecule has 0 aromatic carbocycles. The lowest BCUT2D eigenvalue weighted by atomic mass is 10.2. The van der Waals surface area contributed by atoms with E-state index in [2.05, 4.69) is 20.4 Å². The van der Waals surface area contributed by atoms with Gasteiger partial charge in [0.05, 0.1) is 18.1 Å². The van der Waals surface area contributed by atoms with Crippen LogP contribution in [0.2, 0.25) is 0 Å². The van der Waals surface area contributed by atoms with Crippen LogP contribution in [0.15, 0.2) is 4.52 Å². The number of ether oxygens (including phenoxy) is 1. The Morgan fingerprint density at radius 1 is 1.48 bits per heavy atom. The first-order chi connectivity index (χ1) is 10.0. The van der Waals surface area contributed by atoms with E-state index >= 15 is 0 Å². The molecule has 2 saturated heterocycles. The predicted molar refractivity (Wildman–Crippen MR) is 74.6 cm³/mol.